The largest absolute Gasteiger partial charge is 0.508 e. The molecule has 0 spiro atoms. The van der Waals surface area contributed by atoms with Crippen LogP contribution in [0.2, 0.25) is 0 Å². The number of nitrogens with two attached hydrogens (primary N) is 5. The van der Waals surface area contributed by atoms with E-state index in [0.717, 1.165) is 144 Å². The van der Waals surface area contributed by atoms with Gasteiger partial charge in [0.2, 0.25) is 6.20 Å². The first kappa shape index (κ1) is 80.8. The molecule has 550 valence electrons. The lowest BCUT2D eigenvalue weighted by molar-refractivity contribution is -0.929. The molecular formula is C79H133N13O7+6. The Hall–Kier alpha value is -7.17. The number of hydrogen-bond donors (Lipinski definition) is 13. The average molecular weight is 1380 g/mol. The van der Waals surface area contributed by atoms with Crippen LogP contribution in [0.3, 0.4) is 0 Å². The SMILES string of the molecule is C[N+](C)(C)C1CCN(c2cc(O)ccc2N)CC1.C[N+]1(CCCCCCc2cc(O)ccc2N)CCCC1.C[N+]1(CCCCCCc2cc(O)ccc2N)CCCCC1.C[N+]1=C[NH+](CCCCCCc2cc(O)ccc2N)C=C1.Nc1ccc(O)cc1N1CC[N+](CCO)(CCO)CC1. The van der Waals surface area contributed by atoms with Crippen molar-refractivity contribution in [2.75, 3.05) is 192 Å². The van der Waals surface area contributed by atoms with Gasteiger partial charge in [0.05, 0.1) is 149 Å². The molecule has 4 saturated heterocycles. The van der Waals surface area contributed by atoms with Crippen LogP contribution in [0.1, 0.15) is 139 Å². The van der Waals surface area contributed by atoms with Crippen LogP contribution in [0.25, 0.3) is 0 Å². The first-order chi connectivity index (χ1) is 47.3. The van der Waals surface area contributed by atoms with E-state index in [0.29, 0.717) is 42.1 Å². The molecule has 5 aromatic carbocycles. The van der Waals surface area contributed by atoms with Crippen molar-refractivity contribution in [2.45, 2.75) is 147 Å². The molecule has 5 aliphatic heterocycles. The molecule has 0 aromatic heterocycles. The van der Waals surface area contributed by atoms with Gasteiger partial charge in [-0.05, 0) is 192 Å². The van der Waals surface area contributed by atoms with E-state index < -0.39 is 0 Å². The number of aryl methyl sites for hydroxylation is 3. The lowest BCUT2D eigenvalue weighted by Crippen LogP contribution is -3.05. The number of aromatic hydroxyl groups is 5. The molecule has 0 aliphatic carbocycles. The molecule has 5 aliphatic rings. The number of aliphatic hydroxyl groups excluding tert-OH is 2. The van der Waals surface area contributed by atoms with Crippen molar-refractivity contribution < 1.29 is 63.2 Å². The van der Waals surface area contributed by atoms with E-state index in [1.165, 1.54) is 156 Å². The number of nitrogen functional groups attached to an aromatic ring is 5. The highest BCUT2D eigenvalue weighted by atomic mass is 16.3. The van der Waals surface area contributed by atoms with E-state index in [1.807, 2.05) is 0 Å². The van der Waals surface area contributed by atoms with Gasteiger partial charge in [-0.15, -0.1) is 0 Å². The Morgan fingerprint density at radius 2 is 0.798 bits per heavy atom. The molecule has 5 aromatic rings. The highest BCUT2D eigenvalue weighted by Crippen LogP contribution is 2.33. The number of quaternary nitrogens is 5. The number of rotatable bonds is 28. The van der Waals surface area contributed by atoms with Crippen molar-refractivity contribution in [3.63, 3.8) is 0 Å². The lowest BCUT2D eigenvalue weighted by atomic mass is 10.0. The maximum absolute atomic E-state index is 9.59. The second kappa shape index (κ2) is 40.9. The zero-order chi connectivity index (χ0) is 71.9. The third kappa shape index (κ3) is 28.4. The molecule has 1 unspecified atom stereocenters. The van der Waals surface area contributed by atoms with Crippen LogP contribution in [0.4, 0.5) is 39.8 Å². The zero-order valence-corrected chi connectivity index (χ0v) is 61.7. The maximum Gasteiger partial charge on any atom is 0.335 e. The van der Waals surface area contributed by atoms with Gasteiger partial charge < -0.3 is 92.1 Å². The Labute approximate surface area is 594 Å². The van der Waals surface area contributed by atoms with Gasteiger partial charge in [0.25, 0.3) is 0 Å². The highest BCUT2D eigenvalue weighted by Gasteiger charge is 2.34. The monoisotopic (exact) mass is 1380 g/mol. The third-order valence-corrected chi connectivity index (χ3v) is 21.4. The first-order valence-corrected chi connectivity index (χ1v) is 37.4. The number of benzene rings is 5. The third-order valence-electron chi connectivity index (χ3n) is 21.4. The number of nitrogens with one attached hydrogen (secondary N) is 1. The number of nitrogens with zero attached hydrogens (tertiary/aromatic N) is 7. The number of piperazine rings is 1. The normalized spacial score (nSPS) is 17.8. The molecule has 4 fully saturated rings. The number of phenolic OH excluding ortho intramolecular Hbond substituents is 5. The van der Waals surface area contributed by atoms with Crippen LogP contribution in [0, 0.1) is 0 Å². The van der Waals surface area contributed by atoms with Crippen molar-refractivity contribution in [3.8, 4) is 28.7 Å². The Morgan fingerprint density at radius 1 is 0.444 bits per heavy atom. The molecule has 0 amide bonds. The van der Waals surface area contributed by atoms with E-state index in [4.69, 9.17) is 28.7 Å². The fourth-order valence-electron chi connectivity index (χ4n) is 14.9. The first-order valence-electron chi connectivity index (χ1n) is 37.4. The fraction of sp³-hybridized carbons (Fsp3) is 0.582. The van der Waals surface area contributed by atoms with E-state index in [9.17, 15) is 35.7 Å². The summed E-state index contributed by atoms with van der Waals surface area (Å²) in [5.74, 6) is 1.44. The average Bonchev–Trinajstić information content (AvgIpc) is 1.81. The maximum atomic E-state index is 9.59. The van der Waals surface area contributed by atoms with E-state index >= 15 is 0 Å². The Morgan fingerprint density at radius 3 is 1.17 bits per heavy atom. The quantitative estimate of drug-likeness (QED) is 0.00731. The molecule has 20 heteroatoms. The van der Waals surface area contributed by atoms with Crippen molar-refractivity contribution >= 4 is 46.2 Å². The van der Waals surface area contributed by atoms with Crippen molar-refractivity contribution in [1.29, 1.82) is 0 Å². The molecule has 99 heavy (non-hydrogen) atoms. The standard InChI is InChI=1S/C18H30N2O.C17H28N2O.C16H23N3O.C14H23N3O3.C14H23N3O/c1-20(13-7-4-8-14-20)12-6-3-2-5-9-16-15-17(21)10-11-18(16)19;1-19(12-6-7-13-19)11-5-3-2-4-8-15-14-16(20)9-10-17(15)18;1-18-10-11-19(13-18)9-5-3-2-4-6-14-12-15(20)7-8-16(14)17;15-13-2-1-12(20)11-14(13)16-3-5-17(6-4-16,7-9-18)8-10-19;1-17(2,3)11-6-8-16(9-7-11)14-10-12(18)4-5-13(14)15/h10-11,15H,2-9,12-14,19H2,1H3;9-10,14H,2-8,11-13,18H2,1H3;7-8,10-13H,2-6,9,17H2,1H3;1-2,11,18-19H,3-10,15H2;4-5,10-11H,6-9,15H2,1-3H3/p+6. The number of aliphatic hydroxyl groups is 2. The van der Waals surface area contributed by atoms with Gasteiger partial charge >= 0.3 is 6.34 Å². The van der Waals surface area contributed by atoms with E-state index in [1.54, 1.807) is 91.0 Å². The number of anilines is 7. The van der Waals surface area contributed by atoms with Crippen LogP contribution in [0.5, 0.6) is 28.7 Å². The van der Waals surface area contributed by atoms with Crippen LogP contribution < -0.4 is 43.4 Å². The Balaban J connectivity index is 0.000000195. The summed E-state index contributed by atoms with van der Waals surface area (Å²) in [7, 11) is 13.6. The summed E-state index contributed by atoms with van der Waals surface area (Å²) in [5, 5.41) is 66.0. The molecular weight excluding hydrogens is 1240 g/mol. The Bertz CT molecular complexity index is 3210. The summed E-state index contributed by atoms with van der Waals surface area (Å²) in [6, 6.07) is 26.6. The molecule has 18 N–H and O–H groups in total. The number of unbranched alkanes of at least 4 members (excludes halogenated alkanes) is 9. The fourth-order valence-corrected chi connectivity index (χ4v) is 14.9. The summed E-state index contributed by atoms with van der Waals surface area (Å²) in [4.78, 5) is 5.85. The zero-order valence-electron chi connectivity index (χ0n) is 61.7. The van der Waals surface area contributed by atoms with Gasteiger partial charge in [0, 0.05) is 68.0 Å². The predicted octanol–water partition coefficient (Wildman–Crippen LogP) is 9.39. The molecule has 5 heterocycles. The molecule has 0 radical (unpaired) electrons. The number of hydrogen-bond acceptors (Lipinski definition) is 14. The summed E-state index contributed by atoms with van der Waals surface area (Å²) >= 11 is 0. The van der Waals surface area contributed by atoms with Gasteiger partial charge in [-0.1, -0.05) is 19.3 Å². The topological polar surface area (TPSA) is 286 Å². The second-order valence-electron chi connectivity index (χ2n) is 30.4. The Kier molecular flexibility index (Phi) is 33.4. The molecule has 10 rings (SSSR count). The smallest absolute Gasteiger partial charge is 0.335 e. The number of phenols is 5. The molecule has 0 saturated carbocycles. The van der Waals surface area contributed by atoms with Gasteiger partial charge in [0.15, 0.2) is 6.20 Å². The van der Waals surface area contributed by atoms with E-state index in [-0.39, 0.29) is 24.7 Å². The minimum atomic E-state index is 0.133. The van der Waals surface area contributed by atoms with Gasteiger partial charge in [-0.3, -0.25) is 0 Å². The van der Waals surface area contributed by atoms with Crippen molar-refractivity contribution in [3.05, 3.63) is 120 Å². The minimum absolute atomic E-state index is 0.133. The molecule has 0 bridgehead atoms. The number of likely N-dealkylation sites (tertiary alicyclic amines) is 2. The van der Waals surface area contributed by atoms with Gasteiger partial charge in [0.1, 0.15) is 48.9 Å². The van der Waals surface area contributed by atoms with Crippen LogP contribution >= 0.6 is 0 Å². The minimum Gasteiger partial charge on any atom is -0.508 e. The van der Waals surface area contributed by atoms with Crippen LogP contribution in [-0.4, -0.2) is 224 Å². The van der Waals surface area contributed by atoms with Gasteiger partial charge in [-0.2, -0.15) is 4.58 Å². The van der Waals surface area contributed by atoms with Crippen molar-refractivity contribution in [1.82, 2.24) is 0 Å². The van der Waals surface area contributed by atoms with Crippen LogP contribution in [-0.2, 0) is 19.3 Å². The van der Waals surface area contributed by atoms with Crippen molar-refractivity contribution in [2.24, 2.45) is 0 Å². The summed E-state index contributed by atoms with van der Waals surface area (Å²) in [6.07, 6.45) is 33.7. The lowest BCUT2D eigenvalue weighted by Gasteiger charge is -2.45. The van der Waals surface area contributed by atoms with E-state index in [2.05, 4.69) is 75.4 Å². The summed E-state index contributed by atoms with van der Waals surface area (Å²) in [5.41, 5.74) is 38.6. The molecule has 1 atom stereocenters. The molecule has 20 nitrogen and oxygen atoms in total. The van der Waals surface area contributed by atoms with Crippen LogP contribution in [0.15, 0.2) is 103 Å². The summed E-state index contributed by atoms with van der Waals surface area (Å²) in [6.45, 7) is 16.3. The number of piperidine rings is 2. The second-order valence-corrected chi connectivity index (χ2v) is 30.4. The highest BCUT2D eigenvalue weighted by molar-refractivity contribution is 5.70. The van der Waals surface area contributed by atoms with Gasteiger partial charge in [-0.25, -0.2) is 4.90 Å². The summed E-state index contributed by atoms with van der Waals surface area (Å²) < 4.78 is 6.44. The predicted molar refractivity (Wildman–Crippen MR) is 410 cm³/mol.